The number of nitrogens with zero attached hydrogens (tertiary/aromatic N) is 3. The second kappa shape index (κ2) is 8.06. The minimum absolute atomic E-state index is 0.138. The number of nitrogens with one attached hydrogen (secondary N) is 1. The normalized spacial score (nSPS) is 27.1. The Labute approximate surface area is 132 Å². The predicted molar refractivity (Wildman–Crippen MR) is 84.8 cm³/mol. The molecule has 0 aliphatic carbocycles. The maximum absolute atomic E-state index is 5.90. The van der Waals surface area contributed by atoms with Crippen LogP contribution in [0, 0.1) is 5.92 Å². The Morgan fingerprint density at radius 2 is 2.27 bits per heavy atom. The lowest BCUT2D eigenvalue weighted by Gasteiger charge is -2.21. The van der Waals surface area contributed by atoms with Crippen LogP contribution in [0.3, 0.4) is 0 Å². The van der Waals surface area contributed by atoms with E-state index in [2.05, 4.69) is 19.8 Å². The highest BCUT2D eigenvalue weighted by Crippen LogP contribution is 2.32. The number of hydrogen-bond donors (Lipinski definition) is 1. The fourth-order valence-corrected chi connectivity index (χ4v) is 3.33. The van der Waals surface area contributed by atoms with Crippen molar-refractivity contribution >= 4 is 0 Å². The average molecular weight is 308 g/mol. The van der Waals surface area contributed by atoms with Gasteiger partial charge in [-0.25, -0.2) is 4.98 Å². The second-order valence-electron chi connectivity index (χ2n) is 6.25. The molecule has 0 radical (unpaired) electrons. The molecule has 124 valence electrons. The summed E-state index contributed by atoms with van der Waals surface area (Å²) in [5.74, 6) is 1.57. The van der Waals surface area contributed by atoms with E-state index in [9.17, 15) is 0 Å². The summed E-state index contributed by atoms with van der Waals surface area (Å²) in [4.78, 5) is 6.94. The van der Waals surface area contributed by atoms with E-state index in [-0.39, 0.29) is 6.10 Å². The molecule has 0 aromatic carbocycles. The Bertz CT molecular complexity index is 443. The van der Waals surface area contributed by atoms with Gasteiger partial charge in [-0.3, -0.25) is 4.90 Å². The summed E-state index contributed by atoms with van der Waals surface area (Å²) in [5, 5.41) is 3.61. The van der Waals surface area contributed by atoms with E-state index in [4.69, 9.17) is 9.47 Å². The molecule has 0 unspecified atom stereocenters. The van der Waals surface area contributed by atoms with Crippen molar-refractivity contribution in [2.75, 3.05) is 52.5 Å². The molecule has 0 spiro atoms. The van der Waals surface area contributed by atoms with Crippen LogP contribution < -0.4 is 5.32 Å². The summed E-state index contributed by atoms with van der Waals surface area (Å²) in [6, 6.07) is 0. The van der Waals surface area contributed by atoms with Crippen molar-refractivity contribution in [3.8, 4) is 0 Å². The Kier molecular flexibility index (Phi) is 5.83. The largest absolute Gasteiger partial charge is 0.380 e. The van der Waals surface area contributed by atoms with Gasteiger partial charge in [-0.15, -0.1) is 0 Å². The van der Waals surface area contributed by atoms with E-state index in [1.807, 2.05) is 19.4 Å². The lowest BCUT2D eigenvalue weighted by atomic mass is 10.0. The highest BCUT2D eigenvalue weighted by atomic mass is 16.5. The van der Waals surface area contributed by atoms with Crippen molar-refractivity contribution in [1.82, 2.24) is 19.8 Å². The van der Waals surface area contributed by atoms with E-state index in [1.165, 1.54) is 0 Å². The number of aryl methyl sites for hydroxylation is 1. The first-order chi connectivity index (χ1) is 10.8. The minimum atomic E-state index is 0.138. The molecule has 0 saturated carbocycles. The van der Waals surface area contributed by atoms with Crippen LogP contribution >= 0.6 is 0 Å². The quantitative estimate of drug-likeness (QED) is 0.788. The average Bonchev–Trinajstić information content (AvgIpc) is 3.06. The molecule has 2 fully saturated rings. The summed E-state index contributed by atoms with van der Waals surface area (Å²) < 4.78 is 13.5. The van der Waals surface area contributed by atoms with Gasteiger partial charge in [-0.1, -0.05) is 0 Å². The summed E-state index contributed by atoms with van der Waals surface area (Å²) in [7, 11) is 2.04. The number of imidazole rings is 1. The number of hydrogen-bond acceptors (Lipinski definition) is 5. The zero-order valence-corrected chi connectivity index (χ0v) is 13.5. The van der Waals surface area contributed by atoms with Crippen molar-refractivity contribution in [3.05, 3.63) is 18.2 Å². The minimum Gasteiger partial charge on any atom is -0.380 e. The number of rotatable bonds is 6. The second-order valence-corrected chi connectivity index (χ2v) is 6.25. The third-order valence-electron chi connectivity index (χ3n) is 4.65. The molecule has 1 N–H and O–H groups in total. The Morgan fingerprint density at radius 1 is 1.32 bits per heavy atom. The van der Waals surface area contributed by atoms with Gasteiger partial charge in [-0.2, -0.15) is 0 Å². The molecule has 2 atom stereocenters. The van der Waals surface area contributed by atoms with Crippen molar-refractivity contribution < 1.29 is 9.47 Å². The van der Waals surface area contributed by atoms with Crippen LogP contribution in [0.1, 0.15) is 24.8 Å². The Hall–Kier alpha value is -0.950. The zero-order valence-electron chi connectivity index (χ0n) is 13.5. The Balaban J connectivity index is 1.40. The summed E-state index contributed by atoms with van der Waals surface area (Å²) >= 11 is 0. The van der Waals surface area contributed by atoms with E-state index >= 15 is 0 Å². The molecule has 1 aromatic heterocycles. The molecule has 6 heteroatoms. The lowest BCUT2D eigenvalue weighted by Crippen LogP contribution is -2.36. The molecule has 3 heterocycles. The third kappa shape index (κ3) is 4.07. The van der Waals surface area contributed by atoms with Crippen LogP contribution in [0.2, 0.25) is 0 Å². The van der Waals surface area contributed by atoms with Gasteiger partial charge in [0.05, 0.1) is 6.61 Å². The highest BCUT2D eigenvalue weighted by Gasteiger charge is 2.31. The standard InChI is InChI=1S/C16H28N4O2/c1-19-7-5-18-16(19)15-14(3-11-22-15)13-17-4-8-20-6-2-10-21-12-9-20/h5,7,14-15,17H,2-4,6,8-13H2,1H3/t14-,15+/m0/s1. The Morgan fingerprint density at radius 3 is 3.14 bits per heavy atom. The molecule has 2 saturated heterocycles. The summed E-state index contributed by atoms with van der Waals surface area (Å²) in [5.41, 5.74) is 0. The predicted octanol–water partition coefficient (Wildman–Crippen LogP) is 0.810. The van der Waals surface area contributed by atoms with Crippen molar-refractivity contribution in [3.63, 3.8) is 0 Å². The van der Waals surface area contributed by atoms with E-state index < -0.39 is 0 Å². The molecular formula is C16H28N4O2. The molecule has 2 aliphatic heterocycles. The van der Waals surface area contributed by atoms with Gasteiger partial charge in [0.2, 0.25) is 0 Å². The summed E-state index contributed by atoms with van der Waals surface area (Å²) in [6.07, 6.45) is 6.24. The first-order valence-electron chi connectivity index (χ1n) is 8.44. The van der Waals surface area contributed by atoms with Crippen LogP contribution in [-0.2, 0) is 16.5 Å². The monoisotopic (exact) mass is 308 g/mol. The van der Waals surface area contributed by atoms with Crippen molar-refractivity contribution in [1.29, 1.82) is 0 Å². The first kappa shape index (κ1) is 15.9. The van der Waals surface area contributed by atoms with Crippen LogP contribution in [0.25, 0.3) is 0 Å². The number of ether oxygens (including phenoxy) is 2. The molecule has 3 rings (SSSR count). The number of aromatic nitrogens is 2. The van der Waals surface area contributed by atoms with Crippen molar-refractivity contribution in [2.45, 2.75) is 18.9 Å². The summed E-state index contributed by atoms with van der Waals surface area (Å²) in [6.45, 7) is 7.98. The van der Waals surface area contributed by atoms with E-state index in [1.54, 1.807) is 0 Å². The van der Waals surface area contributed by atoms with Crippen LogP contribution in [0.4, 0.5) is 0 Å². The van der Waals surface area contributed by atoms with Gasteiger partial charge in [0.1, 0.15) is 11.9 Å². The molecule has 0 amide bonds. The zero-order chi connectivity index (χ0) is 15.2. The van der Waals surface area contributed by atoms with E-state index in [0.717, 1.165) is 71.2 Å². The van der Waals surface area contributed by atoms with Crippen molar-refractivity contribution in [2.24, 2.45) is 13.0 Å². The maximum atomic E-state index is 5.90. The maximum Gasteiger partial charge on any atom is 0.137 e. The SMILES string of the molecule is Cn1ccnc1[C@@H]1OCC[C@H]1CNCCN1CCCOCC1. The van der Waals surface area contributed by atoms with Gasteiger partial charge in [-0.05, 0) is 12.8 Å². The third-order valence-corrected chi connectivity index (χ3v) is 4.65. The molecule has 0 bridgehead atoms. The van der Waals surface area contributed by atoms with Gasteiger partial charge < -0.3 is 19.4 Å². The molecule has 22 heavy (non-hydrogen) atoms. The molecule has 2 aliphatic rings. The van der Waals surface area contributed by atoms with Gasteiger partial charge in [0, 0.05) is 71.3 Å². The highest BCUT2D eigenvalue weighted by molar-refractivity contribution is 5.00. The smallest absolute Gasteiger partial charge is 0.137 e. The lowest BCUT2D eigenvalue weighted by molar-refractivity contribution is 0.0809. The molecule has 1 aromatic rings. The fourth-order valence-electron chi connectivity index (χ4n) is 3.33. The van der Waals surface area contributed by atoms with Gasteiger partial charge >= 0.3 is 0 Å². The molecule has 6 nitrogen and oxygen atoms in total. The van der Waals surface area contributed by atoms with Gasteiger partial charge in [0.15, 0.2) is 0 Å². The van der Waals surface area contributed by atoms with Crippen LogP contribution in [0.5, 0.6) is 0 Å². The topological polar surface area (TPSA) is 51.5 Å². The van der Waals surface area contributed by atoms with Crippen LogP contribution in [-0.4, -0.2) is 67.0 Å². The van der Waals surface area contributed by atoms with E-state index in [0.29, 0.717) is 5.92 Å². The fraction of sp³-hybridized carbons (Fsp3) is 0.812. The molecular weight excluding hydrogens is 280 g/mol. The van der Waals surface area contributed by atoms with Crippen LogP contribution in [0.15, 0.2) is 12.4 Å². The van der Waals surface area contributed by atoms with Gasteiger partial charge in [0.25, 0.3) is 0 Å². The first-order valence-corrected chi connectivity index (χ1v) is 8.44.